The van der Waals surface area contributed by atoms with Crippen molar-refractivity contribution in [2.45, 2.75) is 6.42 Å². The van der Waals surface area contributed by atoms with E-state index in [0.29, 0.717) is 12.0 Å². The molecule has 0 saturated heterocycles. The van der Waals surface area contributed by atoms with Crippen molar-refractivity contribution in [1.82, 2.24) is 0 Å². The Morgan fingerprint density at radius 3 is 2.38 bits per heavy atom. The van der Waals surface area contributed by atoms with Crippen molar-refractivity contribution in [1.29, 1.82) is 0 Å². The van der Waals surface area contributed by atoms with E-state index in [1.165, 1.54) is 12.1 Å². The second-order valence-electron chi connectivity index (χ2n) is 4.31. The molecular weight excluding hydrogens is 298 g/mol. The first-order valence-corrected chi connectivity index (χ1v) is 5.84. The van der Waals surface area contributed by atoms with E-state index in [2.05, 4.69) is 0 Å². The van der Waals surface area contributed by atoms with Crippen molar-refractivity contribution in [3.05, 3.63) is 74.1 Å². The molecule has 0 aliphatic rings. The number of aromatic nitrogens is 1. The van der Waals surface area contributed by atoms with Gasteiger partial charge in [0.15, 0.2) is 11.9 Å². The van der Waals surface area contributed by atoms with E-state index in [4.69, 9.17) is 0 Å². The summed E-state index contributed by atoms with van der Waals surface area (Å²) in [7, 11) is 1.84. The van der Waals surface area contributed by atoms with Gasteiger partial charge in [0.25, 0.3) is 11.4 Å². The fraction of sp³-hybridized carbons (Fsp3) is 0.154. The molecule has 8 heteroatoms. The maximum absolute atomic E-state index is 11.0. The Bertz CT molecular complexity index is 691. The molecule has 1 aromatic heterocycles. The van der Waals surface area contributed by atoms with E-state index in [0.717, 1.165) is 11.8 Å². The van der Waals surface area contributed by atoms with Crippen molar-refractivity contribution in [3.63, 3.8) is 0 Å². The highest BCUT2D eigenvalue weighted by molar-refractivity contribution is 5.50. The number of nitro benzene ring substituents is 2. The Balaban J connectivity index is 0.00000220. The summed E-state index contributed by atoms with van der Waals surface area (Å²) in [6.45, 7) is 0. The predicted octanol–water partition coefficient (Wildman–Crippen LogP) is -1.08. The SMILES string of the molecule is C[n+]1ccccc1Cc1ccc([N+](=O)[O-])cc1[N+](=O)[O-].[Cl-]. The predicted molar refractivity (Wildman–Crippen MR) is 70.2 cm³/mol. The van der Waals surface area contributed by atoms with E-state index >= 15 is 0 Å². The van der Waals surface area contributed by atoms with Gasteiger partial charge in [-0.15, -0.1) is 0 Å². The highest BCUT2D eigenvalue weighted by Crippen LogP contribution is 2.25. The standard InChI is InChI=1S/C13H12N3O4.ClH/c1-14-7-3-2-4-11(14)8-10-5-6-12(15(17)18)9-13(10)16(19)20;/h2-7,9H,8H2,1H3;1H/q+1;/p-1. The molecule has 0 unspecified atom stereocenters. The third-order valence-corrected chi connectivity index (χ3v) is 3.01. The van der Waals surface area contributed by atoms with Crippen LogP contribution in [0.5, 0.6) is 0 Å². The third-order valence-electron chi connectivity index (χ3n) is 3.01. The quantitative estimate of drug-likeness (QED) is 0.408. The van der Waals surface area contributed by atoms with Gasteiger partial charge in [-0.25, -0.2) is 4.57 Å². The number of rotatable bonds is 4. The molecule has 0 bridgehead atoms. The van der Waals surface area contributed by atoms with Gasteiger partial charge < -0.3 is 12.4 Å². The van der Waals surface area contributed by atoms with Crippen molar-refractivity contribution in [2.24, 2.45) is 7.05 Å². The Morgan fingerprint density at radius 2 is 1.81 bits per heavy atom. The van der Waals surface area contributed by atoms with E-state index in [9.17, 15) is 20.2 Å². The topological polar surface area (TPSA) is 90.2 Å². The van der Waals surface area contributed by atoms with Crippen molar-refractivity contribution < 1.29 is 26.8 Å². The number of nitrogens with zero attached hydrogens (tertiary/aromatic N) is 3. The molecule has 1 heterocycles. The van der Waals surface area contributed by atoms with Gasteiger partial charge >= 0.3 is 0 Å². The van der Waals surface area contributed by atoms with Gasteiger partial charge in [0.1, 0.15) is 7.05 Å². The van der Waals surface area contributed by atoms with Crippen LogP contribution in [0.3, 0.4) is 0 Å². The molecule has 0 amide bonds. The largest absolute Gasteiger partial charge is 1.00 e. The van der Waals surface area contributed by atoms with Gasteiger partial charge in [-0.1, -0.05) is 6.07 Å². The number of non-ortho nitro benzene ring substituents is 1. The summed E-state index contributed by atoms with van der Waals surface area (Å²) in [4.78, 5) is 20.5. The summed E-state index contributed by atoms with van der Waals surface area (Å²) in [5.41, 5.74) is 0.813. The number of hydrogen-bond acceptors (Lipinski definition) is 4. The van der Waals surface area contributed by atoms with E-state index in [-0.39, 0.29) is 23.8 Å². The van der Waals surface area contributed by atoms with Crippen LogP contribution in [-0.4, -0.2) is 9.85 Å². The molecule has 1 aromatic carbocycles. The molecule has 0 aliphatic heterocycles. The van der Waals surface area contributed by atoms with Crippen LogP contribution < -0.4 is 17.0 Å². The number of halogens is 1. The lowest BCUT2D eigenvalue weighted by Gasteiger charge is -2.02. The highest BCUT2D eigenvalue weighted by atomic mass is 35.5. The lowest BCUT2D eigenvalue weighted by molar-refractivity contribution is -0.678. The summed E-state index contributed by atoms with van der Waals surface area (Å²) in [6, 6.07) is 9.26. The van der Waals surface area contributed by atoms with Crippen molar-refractivity contribution in [2.75, 3.05) is 0 Å². The lowest BCUT2D eigenvalue weighted by Crippen LogP contribution is -3.00. The second-order valence-corrected chi connectivity index (χ2v) is 4.31. The summed E-state index contributed by atoms with van der Waals surface area (Å²) >= 11 is 0. The first kappa shape index (κ1) is 16.5. The molecule has 0 N–H and O–H groups in total. The lowest BCUT2D eigenvalue weighted by atomic mass is 10.1. The highest BCUT2D eigenvalue weighted by Gasteiger charge is 2.21. The van der Waals surface area contributed by atoms with Crippen LogP contribution in [0.15, 0.2) is 42.6 Å². The minimum Gasteiger partial charge on any atom is -1.00 e. The Hall–Kier alpha value is -2.54. The van der Waals surface area contributed by atoms with Gasteiger partial charge in [-0.2, -0.15) is 0 Å². The zero-order valence-corrected chi connectivity index (χ0v) is 11.9. The van der Waals surface area contributed by atoms with E-state index < -0.39 is 9.85 Å². The zero-order valence-electron chi connectivity index (χ0n) is 11.1. The van der Waals surface area contributed by atoms with Gasteiger partial charge in [0, 0.05) is 23.8 Å². The van der Waals surface area contributed by atoms with E-state index in [1.54, 1.807) is 0 Å². The van der Waals surface area contributed by atoms with Crippen LogP contribution in [0.25, 0.3) is 0 Å². The average molecular weight is 310 g/mol. The summed E-state index contributed by atoms with van der Waals surface area (Å²) < 4.78 is 1.85. The smallest absolute Gasteiger partial charge is 0.280 e. The minimum atomic E-state index is -0.640. The summed E-state index contributed by atoms with van der Waals surface area (Å²) in [5.74, 6) is 0. The fourth-order valence-corrected chi connectivity index (χ4v) is 1.92. The molecular formula is C13H12ClN3O4. The molecule has 0 aliphatic carbocycles. The molecule has 0 spiro atoms. The van der Waals surface area contributed by atoms with Crippen molar-refractivity contribution in [3.8, 4) is 0 Å². The first-order valence-electron chi connectivity index (χ1n) is 5.84. The van der Waals surface area contributed by atoms with Crippen LogP contribution in [0, 0.1) is 20.2 Å². The van der Waals surface area contributed by atoms with Gasteiger partial charge in [0.05, 0.1) is 22.3 Å². The number of aryl methyl sites for hydroxylation is 1. The normalized spacial score (nSPS) is 9.76. The minimum absolute atomic E-state index is 0. The van der Waals surface area contributed by atoms with Crippen LogP contribution in [-0.2, 0) is 13.5 Å². The molecule has 110 valence electrons. The Morgan fingerprint density at radius 1 is 1.10 bits per heavy atom. The molecule has 0 atom stereocenters. The summed E-state index contributed by atoms with van der Waals surface area (Å²) in [5, 5.41) is 21.7. The number of benzene rings is 1. The molecule has 0 radical (unpaired) electrons. The maximum Gasteiger partial charge on any atom is 0.280 e. The van der Waals surface area contributed by atoms with Gasteiger partial charge in [0.2, 0.25) is 0 Å². The van der Waals surface area contributed by atoms with Crippen LogP contribution in [0.4, 0.5) is 11.4 Å². The first-order chi connectivity index (χ1) is 9.49. The van der Waals surface area contributed by atoms with Gasteiger partial charge in [-0.05, 0) is 6.07 Å². The molecule has 2 rings (SSSR count). The second kappa shape index (κ2) is 6.76. The molecule has 0 fully saturated rings. The van der Waals surface area contributed by atoms with Gasteiger partial charge in [-0.3, -0.25) is 20.2 Å². The molecule has 21 heavy (non-hydrogen) atoms. The number of pyridine rings is 1. The van der Waals surface area contributed by atoms with E-state index in [1.807, 2.05) is 36.0 Å². The summed E-state index contributed by atoms with van der Waals surface area (Å²) in [6.07, 6.45) is 2.18. The van der Waals surface area contributed by atoms with Crippen molar-refractivity contribution >= 4 is 11.4 Å². The zero-order chi connectivity index (χ0) is 14.7. The van der Waals surface area contributed by atoms with Crippen LogP contribution in [0.2, 0.25) is 0 Å². The average Bonchev–Trinajstić information content (AvgIpc) is 2.41. The molecule has 0 saturated carbocycles. The Labute approximate surface area is 126 Å². The monoisotopic (exact) mass is 309 g/mol. The maximum atomic E-state index is 11.0. The van der Waals surface area contributed by atoms with Crippen LogP contribution in [0.1, 0.15) is 11.3 Å². The number of hydrogen-bond donors (Lipinski definition) is 0. The fourth-order valence-electron chi connectivity index (χ4n) is 1.92. The Kier molecular flexibility index (Phi) is 5.31. The third kappa shape index (κ3) is 3.73. The number of nitro groups is 2. The molecule has 7 nitrogen and oxygen atoms in total. The molecule has 2 aromatic rings. The van der Waals surface area contributed by atoms with Crippen LogP contribution >= 0.6 is 0 Å².